The van der Waals surface area contributed by atoms with E-state index in [9.17, 15) is 13.5 Å². The molecule has 1 N–H and O–H groups in total. The Labute approximate surface area is 115 Å². The lowest BCUT2D eigenvalue weighted by Crippen LogP contribution is -2.41. The summed E-state index contributed by atoms with van der Waals surface area (Å²) in [5, 5.41) is 8.93. The lowest BCUT2D eigenvalue weighted by atomic mass is 9.90. The third kappa shape index (κ3) is 3.09. The molecule has 1 aliphatic heterocycles. The number of sulfonamides is 1. The third-order valence-corrected chi connectivity index (χ3v) is 6.05. The van der Waals surface area contributed by atoms with Gasteiger partial charge in [0, 0.05) is 13.1 Å². The number of phenols is 1. The van der Waals surface area contributed by atoms with E-state index in [1.807, 2.05) is 12.1 Å². The highest BCUT2D eigenvalue weighted by atomic mass is 32.2. The molecule has 1 aromatic rings. The molecule has 1 aromatic carbocycles. The van der Waals surface area contributed by atoms with E-state index >= 15 is 0 Å². The first-order valence-electron chi connectivity index (χ1n) is 6.69. The summed E-state index contributed by atoms with van der Waals surface area (Å²) in [4.78, 5) is 0. The number of phenolic OH excluding ortho intramolecular Hbond substituents is 1. The first-order chi connectivity index (χ1) is 8.91. The van der Waals surface area contributed by atoms with Crippen LogP contribution >= 0.6 is 0 Å². The quantitative estimate of drug-likeness (QED) is 0.926. The molecule has 0 aromatic heterocycles. The predicted molar refractivity (Wildman–Crippen MR) is 75.7 cm³/mol. The standard InChI is InChI=1S/C14H21NO3S/c1-11(2)19(17,18)15-9-7-13(8-10-15)12-3-5-14(16)6-4-12/h3-6,11,13,16H,7-10H2,1-2H3. The smallest absolute Gasteiger partial charge is 0.216 e. The average molecular weight is 283 g/mol. The van der Waals surface area contributed by atoms with E-state index in [-0.39, 0.29) is 11.0 Å². The molecular formula is C14H21NO3S. The van der Waals surface area contributed by atoms with Crippen LogP contribution in [0, 0.1) is 0 Å². The lowest BCUT2D eigenvalue weighted by molar-refractivity contribution is 0.317. The van der Waals surface area contributed by atoms with Crippen LogP contribution in [0.5, 0.6) is 5.75 Å². The minimum atomic E-state index is -3.12. The van der Waals surface area contributed by atoms with E-state index in [0.29, 0.717) is 19.0 Å². The maximum absolute atomic E-state index is 12.1. The Morgan fingerprint density at radius 1 is 1.16 bits per heavy atom. The minimum Gasteiger partial charge on any atom is -0.508 e. The maximum atomic E-state index is 12.1. The fourth-order valence-corrected chi connectivity index (χ4v) is 3.80. The topological polar surface area (TPSA) is 57.6 Å². The highest BCUT2D eigenvalue weighted by Gasteiger charge is 2.30. The number of aromatic hydroxyl groups is 1. The van der Waals surface area contributed by atoms with Gasteiger partial charge in [-0.25, -0.2) is 12.7 Å². The number of piperidine rings is 1. The van der Waals surface area contributed by atoms with Gasteiger partial charge in [-0.05, 0) is 50.3 Å². The molecule has 0 saturated carbocycles. The van der Waals surface area contributed by atoms with Crippen molar-refractivity contribution in [2.75, 3.05) is 13.1 Å². The van der Waals surface area contributed by atoms with E-state index in [4.69, 9.17) is 0 Å². The molecule has 106 valence electrons. The second kappa shape index (κ2) is 5.51. The van der Waals surface area contributed by atoms with Crippen LogP contribution in [0.2, 0.25) is 0 Å². The molecule has 5 heteroatoms. The molecule has 1 saturated heterocycles. The molecule has 2 rings (SSSR count). The van der Waals surface area contributed by atoms with Gasteiger partial charge in [0.2, 0.25) is 10.0 Å². The van der Waals surface area contributed by atoms with Crippen molar-refractivity contribution in [2.24, 2.45) is 0 Å². The Balaban J connectivity index is 2.02. The van der Waals surface area contributed by atoms with Gasteiger partial charge >= 0.3 is 0 Å². The number of hydrogen-bond acceptors (Lipinski definition) is 3. The molecule has 4 nitrogen and oxygen atoms in total. The van der Waals surface area contributed by atoms with Gasteiger partial charge in [-0.1, -0.05) is 12.1 Å². The van der Waals surface area contributed by atoms with Gasteiger partial charge in [0.1, 0.15) is 5.75 Å². The van der Waals surface area contributed by atoms with Gasteiger partial charge in [0.25, 0.3) is 0 Å². The molecule has 1 fully saturated rings. The molecule has 0 atom stereocenters. The summed E-state index contributed by atoms with van der Waals surface area (Å²) in [6, 6.07) is 7.22. The molecule has 1 heterocycles. The highest BCUT2D eigenvalue weighted by molar-refractivity contribution is 7.89. The molecule has 0 unspecified atom stereocenters. The van der Waals surface area contributed by atoms with Gasteiger partial charge in [0.05, 0.1) is 5.25 Å². The largest absolute Gasteiger partial charge is 0.508 e. The monoisotopic (exact) mass is 283 g/mol. The normalized spacial score (nSPS) is 18.9. The molecule has 19 heavy (non-hydrogen) atoms. The van der Waals surface area contributed by atoms with Crippen molar-refractivity contribution in [2.45, 2.75) is 37.9 Å². The van der Waals surface area contributed by atoms with E-state index in [1.54, 1.807) is 30.3 Å². The van der Waals surface area contributed by atoms with E-state index < -0.39 is 10.0 Å². The zero-order chi connectivity index (χ0) is 14.0. The van der Waals surface area contributed by atoms with E-state index in [1.165, 1.54) is 5.56 Å². The summed E-state index contributed by atoms with van der Waals surface area (Å²) in [6.07, 6.45) is 1.69. The average Bonchev–Trinajstić information content (AvgIpc) is 2.39. The van der Waals surface area contributed by atoms with Gasteiger partial charge in [-0.2, -0.15) is 0 Å². The third-order valence-electron chi connectivity index (χ3n) is 3.77. The molecule has 0 radical (unpaired) electrons. The van der Waals surface area contributed by atoms with Gasteiger partial charge < -0.3 is 5.11 Å². The van der Waals surface area contributed by atoms with Crippen LogP contribution < -0.4 is 0 Å². The second-order valence-corrected chi connectivity index (χ2v) is 7.85. The van der Waals surface area contributed by atoms with Crippen molar-refractivity contribution >= 4 is 10.0 Å². The fourth-order valence-electron chi connectivity index (χ4n) is 2.49. The van der Waals surface area contributed by atoms with Gasteiger partial charge in [-0.15, -0.1) is 0 Å². The zero-order valence-electron chi connectivity index (χ0n) is 11.4. The van der Waals surface area contributed by atoms with Crippen LogP contribution in [0.4, 0.5) is 0 Å². The Hall–Kier alpha value is -1.07. The van der Waals surface area contributed by atoms with Crippen molar-refractivity contribution in [1.82, 2.24) is 4.31 Å². The van der Waals surface area contributed by atoms with Crippen LogP contribution in [0.25, 0.3) is 0 Å². The molecule has 1 aliphatic rings. The van der Waals surface area contributed by atoms with Crippen LogP contribution in [-0.4, -0.2) is 36.2 Å². The summed E-state index contributed by atoms with van der Waals surface area (Å²) >= 11 is 0. The number of rotatable bonds is 3. The summed E-state index contributed by atoms with van der Waals surface area (Å²) < 4.78 is 25.7. The number of nitrogens with zero attached hydrogens (tertiary/aromatic N) is 1. The summed E-state index contributed by atoms with van der Waals surface area (Å²) in [7, 11) is -3.12. The van der Waals surface area contributed by atoms with Crippen LogP contribution in [-0.2, 0) is 10.0 Å². The molecule has 0 bridgehead atoms. The second-order valence-electron chi connectivity index (χ2n) is 5.36. The fraction of sp³-hybridized carbons (Fsp3) is 0.571. The van der Waals surface area contributed by atoms with Crippen LogP contribution in [0.15, 0.2) is 24.3 Å². The lowest BCUT2D eigenvalue weighted by Gasteiger charge is -2.32. The van der Waals surface area contributed by atoms with E-state index in [0.717, 1.165) is 12.8 Å². The Bertz CT molecular complexity index is 514. The number of benzene rings is 1. The van der Waals surface area contributed by atoms with Crippen molar-refractivity contribution in [3.8, 4) is 5.75 Å². The summed E-state index contributed by atoms with van der Waals surface area (Å²) in [5.74, 6) is 0.655. The first-order valence-corrected chi connectivity index (χ1v) is 8.19. The number of hydrogen-bond donors (Lipinski definition) is 1. The van der Waals surface area contributed by atoms with Crippen LogP contribution in [0.3, 0.4) is 0 Å². The zero-order valence-corrected chi connectivity index (χ0v) is 12.2. The van der Waals surface area contributed by atoms with E-state index in [2.05, 4.69) is 0 Å². The van der Waals surface area contributed by atoms with Crippen molar-refractivity contribution in [3.05, 3.63) is 29.8 Å². The highest BCUT2D eigenvalue weighted by Crippen LogP contribution is 2.30. The van der Waals surface area contributed by atoms with Crippen molar-refractivity contribution in [1.29, 1.82) is 0 Å². The van der Waals surface area contributed by atoms with Crippen molar-refractivity contribution < 1.29 is 13.5 Å². The predicted octanol–water partition coefficient (Wildman–Crippen LogP) is 2.31. The first kappa shape index (κ1) is 14.3. The molecule has 0 aliphatic carbocycles. The van der Waals surface area contributed by atoms with Crippen molar-refractivity contribution in [3.63, 3.8) is 0 Å². The summed E-state index contributed by atoms with van der Waals surface area (Å²) in [6.45, 7) is 4.63. The summed E-state index contributed by atoms with van der Waals surface area (Å²) in [5.41, 5.74) is 1.18. The molecule has 0 amide bonds. The Kier molecular flexibility index (Phi) is 4.16. The Morgan fingerprint density at radius 3 is 2.16 bits per heavy atom. The molecular weight excluding hydrogens is 262 g/mol. The maximum Gasteiger partial charge on any atom is 0.216 e. The Morgan fingerprint density at radius 2 is 1.68 bits per heavy atom. The van der Waals surface area contributed by atoms with Gasteiger partial charge in [-0.3, -0.25) is 0 Å². The van der Waals surface area contributed by atoms with Crippen LogP contribution in [0.1, 0.15) is 38.2 Å². The van der Waals surface area contributed by atoms with Gasteiger partial charge in [0.15, 0.2) is 0 Å². The molecule has 0 spiro atoms. The SMILES string of the molecule is CC(C)S(=O)(=O)N1CCC(c2ccc(O)cc2)CC1. The minimum absolute atomic E-state index is 0.267.